The van der Waals surface area contributed by atoms with Gasteiger partial charge in [0.15, 0.2) is 0 Å². The van der Waals surface area contributed by atoms with Crippen LogP contribution in [0.2, 0.25) is 0 Å². The lowest BCUT2D eigenvalue weighted by molar-refractivity contribution is -0.114. The van der Waals surface area contributed by atoms with Gasteiger partial charge < -0.3 is 5.32 Å². The Morgan fingerprint density at radius 2 is 1.32 bits per heavy atom. The highest BCUT2D eigenvalue weighted by Gasteiger charge is 2.27. The van der Waals surface area contributed by atoms with Gasteiger partial charge in [-0.2, -0.15) is 0 Å². The van der Waals surface area contributed by atoms with Crippen LogP contribution in [-0.4, -0.2) is 29.3 Å². The molecule has 12 heteroatoms. The summed E-state index contributed by atoms with van der Waals surface area (Å²) in [7, 11) is -8.01. The molecule has 0 saturated carbocycles. The normalized spacial score (nSPS) is 11.5. The average molecular weight is 666 g/mol. The number of nitrogens with zero attached hydrogens (tertiary/aromatic N) is 1. The van der Waals surface area contributed by atoms with Crippen LogP contribution < -0.4 is 14.3 Å². The highest BCUT2D eigenvalue weighted by Crippen LogP contribution is 2.25. The van der Waals surface area contributed by atoms with Crippen molar-refractivity contribution in [2.75, 3.05) is 20.9 Å². The van der Waals surface area contributed by atoms with Crippen molar-refractivity contribution >= 4 is 65.6 Å². The van der Waals surface area contributed by atoms with E-state index in [1.54, 1.807) is 42.5 Å². The molecule has 0 aromatic heterocycles. The lowest BCUT2D eigenvalue weighted by atomic mass is 10.3. The molecule has 38 heavy (non-hydrogen) atoms. The van der Waals surface area contributed by atoms with Crippen molar-refractivity contribution in [1.82, 2.24) is 0 Å². The van der Waals surface area contributed by atoms with E-state index in [1.165, 1.54) is 48.5 Å². The molecule has 4 aromatic rings. The molecule has 0 unspecified atom stereocenters. The van der Waals surface area contributed by atoms with E-state index in [2.05, 4.69) is 32.6 Å². The van der Waals surface area contributed by atoms with Gasteiger partial charge in [0.1, 0.15) is 12.4 Å². The van der Waals surface area contributed by atoms with Gasteiger partial charge in [0, 0.05) is 14.9 Å². The number of carbonyl (C=O) groups is 1. The first-order chi connectivity index (χ1) is 18.0. The first kappa shape index (κ1) is 27.5. The van der Waals surface area contributed by atoms with Crippen LogP contribution in [0.5, 0.6) is 0 Å². The maximum absolute atomic E-state index is 13.4. The van der Waals surface area contributed by atoms with Crippen molar-refractivity contribution in [3.8, 4) is 0 Å². The van der Waals surface area contributed by atoms with Gasteiger partial charge in [-0.1, -0.05) is 18.2 Å². The van der Waals surface area contributed by atoms with Gasteiger partial charge in [-0.3, -0.25) is 13.8 Å². The number of hydrogen-bond acceptors (Lipinski definition) is 5. The minimum atomic E-state index is -4.05. The Hall–Kier alpha value is -3.49. The number of carbonyl (C=O) groups excluding carboxylic acids is 1. The van der Waals surface area contributed by atoms with Crippen LogP contribution in [0.3, 0.4) is 0 Å². The third-order valence-electron chi connectivity index (χ3n) is 5.28. The van der Waals surface area contributed by atoms with Crippen LogP contribution in [0.1, 0.15) is 0 Å². The highest BCUT2D eigenvalue weighted by atomic mass is 127. The number of nitrogens with one attached hydrogen (secondary N) is 2. The van der Waals surface area contributed by atoms with Gasteiger partial charge >= 0.3 is 0 Å². The number of sulfonamides is 2. The largest absolute Gasteiger partial charge is 0.325 e. The summed E-state index contributed by atoms with van der Waals surface area (Å²) in [4.78, 5) is 12.9. The molecule has 0 saturated heterocycles. The maximum Gasteiger partial charge on any atom is 0.264 e. The van der Waals surface area contributed by atoms with Crippen LogP contribution in [0.15, 0.2) is 113 Å². The van der Waals surface area contributed by atoms with E-state index in [-0.39, 0.29) is 21.2 Å². The SMILES string of the molecule is O=C(CN(c1ccc(I)cc1)S(=O)(=O)c1ccccc1)Nc1ccc(S(=O)(=O)Nc2ccc(F)cc2)cc1. The average Bonchev–Trinajstić information content (AvgIpc) is 2.90. The fourth-order valence-corrected chi connectivity index (χ4v) is 6.28. The first-order valence-electron chi connectivity index (χ1n) is 11.1. The zero-order chi connectivity index (χ0) is 27.3. The summed E-state index contributed by atoms with van der Waals surface area (Å²) >= 11 is 2.10. The molecule has 0 radical (unpaired) electrons. The van der Waals surface area contributed by atoms with E-state index in [0.29, 0.717) is 5.69 Å². The van der Waals surface area contributed by atoms with Gasteiger partial charge in [0.05, 0.1) is 15.5 Å². The number of rotatable bonds is 9. The fraction of sp³-hybridized carbons (Fsp3) is 0.0385. The van der Waals surface area contributed by atoms with Crippen LogP contribution in [0.25, 0.3) is 0 Å². The van der Waals surface area contributed by atoms with Crippen LogP contribution in [0.4, 0.5) is 21.5 Å². The van der Waals surface area contributed by atoms with Crippen molar-refractivity contribution < 1.29 is 26.0 Å². The lowest BCUT2D eigenvalue weighted by Gasteiger charge is -2.24. The van der Waals surface area contributed by atoms with Crippen molar-refractivity contribution in [2.24, 2.45) is 0 Å². The van der Waals surface area contributed by atoms with Crippen molar-refractivity contribution in [3.63, 3.8) is 0 Å². The predicted molar refractivity (Wildman–Crippen MR) is 152 cm³/mol. The molecule has 0 atom stereocenters. The number of benzene rings is 4. The van der Waals surface area contributed by atoms with Gasteiger partial charge in [-0.25, -0.2) is 21.2 Å². The summed E-state index contributed by atoms with van der Waals surface area (Å²) in [5.74, 6) is -1.12. The summed E-state index contributed by atoms with van der Waals surface area (Å²) in [5.41, 5.74) is 0.784. The lowest BCUT2D eigenvalue weighted by Crippen LogP contribution is -2.38. The zero-order valence-electron chi connectivity index (χ0n) is 19.6. The second-order valence-corrected chi connectivity index (χ2v) is 12.8. The molecule has 0 aliphatic heterocycles. The standard InChI is InChI=1S/C26H21FIN3O5S2/c27-19-6-10-22(11-7-19)30-37(33,34)24-16-12-21(13-17-24)29-26(32)18-31(23-14-8-20(28)9-15-23)38(35,36)25-4-2-1-3-5-25/h1-17,30H,18H2,(H,29,32). The van der Waals surface area contributed by atoms with Crippen molar-refractivity contribution in [3.05, 3.63) is 113 Å². The molecule has 0 bridgehead atoms. The smallest absolute Gasteiger partial charge is 0.264 e. The Kier molecular flexibility index (Phi) is 8.33. The van der Waals surface area contributed by atoms with E-state index in [4.69, 9.17) is 0 Å². The molecule has 8 nitrogen and oxygen atoms in total. The van der Waals surface area contributed by atoms with Gasteiger partial charge in [-0.15, -0.1) is 0 Å². The van der Waals surface area contributed by atoms with Crippen molar-refractivity contribution in [1.29, 1.82) is 0 Å². The first-order valence-corrected chi connectivity index (χ1v) is 15.1. The summed E-state index contributed by atoms with van der Waals surface area (Å²) in [6, 6.07) is 24.7. The number of amides is 1. The fourth-order valence-electron chi connectivity index (χ4n) is 3.42. The Morgan fingerprint density at radius 3 is 1.92 bits per heavy atom. The Bertz CT molecular complexity index is 1630. The molecule has 4 rings (SSSR count). The predicted octanol–water partition coefficient (Wildman–Crippen LogP) is 5.07. The molecule has 0 aliphatic carbocycles. The van der Waals surface area contributed by atoms with Crippen LogP contribution in [0, 0.1) is 9.39 Å². The number of anilines is 3. The molecule has 0 fully saturated rings. The highest BCUT2D eigenvalue weighted by molar-refractivity contribution is 14.1. The van der Waals surface area contributed by atoms with Crippen LogP contribution >= 0.6 is 22.6 Å². The van der Waals surface area contributed by atoms with E-state index >= 15 is 0 Å². The second-order valence-electron chi connectivity index (χ2n) is 7.99. The van der Waals surface area contributed by atoms with E-state index < -0.39 is 38.3 Å². The minimum absolute atomic E-state index is 0.0366. The molecule has 0 heterocycles. The maximum atomic E-state index is 13.4. The topological polar surface area (TPSA) is 113 Å². The van der Waals surface area contributed by atoms with E-state index in [0.717, 1.165) is 20.0 Å². The molecular formula is C26H21FIN3O5S2. The zero-order valence-corrected chi connectivity index (χ0v) is 23.4. The summed E-state index contributed by atoms with van der Waals surface area (Å²) < 4.78 is 69.4. The van der Waals surface area contributed by atoms with Gasteiger partial charge in [-0.05, 0) is 108 Å². The van der Waals surface area contributed by atoms with Gasteiger partial charge in [0.2, 0.25) is 5.91 Å². The monoisotopic (exact) mass is 665 g/mol. The van der Waals surface area contributed by atoms with Gasteiger partial charge in [0.25, 0.3) is 20.0 Å². The molecule has 1 amide bonds. The summed E-state index contributed by atoms with van der Waals surface area (Å²) in [6.07, 6.45) is 0. The molecular weight excluding hydrogens is 644 g/mol. The number of hydrogen-bond donors (Lipinski definition) is 2. The quantitative estimate of drug-likeness (QED) is 0.243. The molecule has 0 spiro atoms. The Balaban J connectivity index is 1.51. The molecule has 4 aromatic carbocycles. The molecule has 2 N–H and O–H groups in total. The van der Waals surface area contributed by atoms with E-state index in [1.807, 2.05) is 0 Å². The Labute approximate surface area is 233 Å². The molecule has 0 aliphatic rings. The summed E-state index contributed by atoms with van der Waals surface area (Å²) in [6.45, 7) is -0.510. The van der Waals surface area contributed by atoms with Crippen LogP contribution in [-0.2, 0) is 24.8 Å². The second kappa shape index (κ2) is 11.5. The summed E-state index contributed by atoms with van der Waals surface area (Å²) in [5, 5.41) is 2.61. The third kappa shape index (κ3) is 6.68. The molecule has 196 valence electrons. The Morgan fingerprint density at radius 1 is 0.737 bits per heavy atom. The van der Waals surface area contributed by atoms with Crippen molar-refractivity contribution in [2.45, 2.75) is 9.79 Å². The van der Waals surface area contributed by atoms with E-state index in [9.17, 15) is 26.0 Å². The minimum Gasteiger partial charge on any atom is -0.325 e. The third-order valence-corrected chi connectivity index (χ3v) is 9.18. The number of halogens is 2.